The summed E-state index contributed by atoms with van der Waals surface area (Å²) >= 11 is 0. The number of nitrogens with zero attached hydrogens (tertiary/aromatic N) is 2. The Kier molecular flexibility index (Phi) is 3.28. The van der Waals surface area contributed by atoms with Crippen molar-refractivity contribution in [1.82, 2.24) is 9.78 Å². The lowest BCUT2D eigenvalue weighted by Gasteiger charge is -2.04. The minimum absolute atomic E-state index is 0.298. The van der Waals surface area contributed by atoms with Gasteiger partial charge in [0.05, 0.1) is 17.4 Å². The average Bonchev–Trinajstić information content (AvgIpc) is 2.97. The maximum absolute atomic E-state index is 11.0. The minimum Gasteiger partial charge on any atom is -0.478 e. The van der Waals surface area contributed by atoms with Crippen molar-refractivity contribution in [1.29, 1.82) is 0 Å². The van der Waals surface area contributed by atoms with E-state index in [1.54, 1.807) is 23.0 Å². The Hall–Kier alpha value is -2.88. The van der Waals surface area contributed by atoms with Crippen LogP contribution in [-0.4, -0.2) is 20.9 Å². The molecular weight excluding hydrogens is 264 g/mol. The van der Waals surface area contributed by atoms with Crippen molar-refractivity contribution in [2.45, 2.75) is 6.92 Å². The molecule has 4 heteroatoms. The number of aromatic carboxylic acids is 1. The lowest BCUT2D eigenvalue weighted by atomic mass is 10.0. The first-order valence-corrected chi connectivity index (χ1v) is 6.59. The normalized spacial score (nSPS) is 10.5. The second kappa shape index (κ2) is 5.25. The molecule has 0 fully saturated rings. The fourth-order valence-electron chi connectivity index (χ4n) is 2.30. The molecule has 0 spiro atoms. The van der Waals surface area contributed by atoms with E-state index in [0.29, 0.717) is 5.56 Å². The topological polar surface area (TPSA) is 55.1 Å². The van der Waals surface area contributed by atoms with Crippen molar-refractivity contribution in [2.24, 2.45) is 0 Å². The van der Waals surface area contributed by atoms with E-state index in [2.05, 4.69) is 5.10 Å². The van der Waals surface area contributed by atoms with Crippen LogP contribution in [0.3, 0.4) is 0 Å². The first-order chi connectivity index (χ1) is 10.1. The van der Waals surface area contributed by atoms with Crippen LogP contribution in [0.1, 0.15) is 15.9 Å². The van der Waals surface area contributed by atoms with Crippen molar-refractivity contribution in [3.05, 3.63) is 72.1 Å². The summed E-state index contributed by atoms with van der Waals surface area (Å²) in [5.41, 5.74) is 4.16. The third kappa shape index (κ3) is 2.56. The number of hydrogen-bond donors (Lipinski definition) is 1. The summed E-state index contributed by atoms with van der Waals surface area (Å²) in [6.45, 7) is 1.90. The average molecular weight is 278 g/mol. The monoisotopic (exact) mass is 278 g/mol. The van der Waals surface area contributed by atoms with Crippen LogP contribution in [0, 0.1) is 6.92 Å². The molecule has 21 heavy (non-hydrogen) atoms. The fraction of sp³-hybridized carbons (Fsp3) is 0.0588. The Labute approximate surface area is 122 Å². The third-order valence-electron chi connectivity index (χ3n) is 3.39. The zero-order chi connectivity index (χ0) is 14.8. The lowest BCUT2D eigenvalue weighted by Crippen LogP contribution is -1.97. The van der Waals surface area contributed by atoms with E-state index < -0.39 is 5.97 Å². The predicted molar refractivity (Wildman–Crippen MR) is 80.7 cm³/mol. The van der Waals surface area contributed by atoms with E-state index >= 15 is 0 Å². The number of carboxylic acid groups (broad SMARTS) is 1. The molecule has 0 aliphatic heterocycles. The van der Waals surface area contributed by atoms with Gasteiger partial charge in [0.1, 0.15) is 0 Å². The van der Waals surface area contributed by atoms with Crippen LogP contribution < -0.4 is 0 Å². The van der Waals surface area contributed by atoms with Crippen LogP contribution in [0.4, 0.5) is 0 Å². The molecule has 3 rings (SSSR count). The van der Waals surface area contributed by atoms with Gasteiger partial charge in [0.25, 0.3) is 0 Å². The van der Waals surface area contributed by atoms with Gasteiger partial charge in [-0.3, -0.25) is 0 Å². The molecule has 0 atom stereocenters. The fourth-order valence-corrected chi connectivity index (χ4v) is 2.30. The Morgan fingerprint density at radius 1 is 1.14 bits per heavy atom. The zero-order valence-corrected chi connectivity index (χ0v) is 11.5. The lowest BCUT2D eigenvalue weighted by molar-refractivity contribution is 0.0697. The number of aromatic nitrogens is 2. The molecular formula is C17H14N2O2. The highest BCUT2D eigenvalue weighted by atomic mass is 16.4. The molecule has 3 aromatic rings. The maximum Gasteiger partial charge on any atom is 0.335 e. The predicted octanol–water partition coefficient (Wildman–Crippen LogP) is 3.55. The van der Waals surface area contributed by atoms with Crippen LogP contribution in [0.5, 0.6) is 0 Å². The van der Waals surface area contributed by atoms with E-state index in [1.807, 2.05) is 49.5 Å². The largest absolute Gasteiger partial charge is 0.478 e. The first kappa shape index (κ1) is 13.1. The van der Waals surface area contributed by atoms with E-state index in [4.69, 9.17) is 5.11 Å². The molecule has 1 N–H and O–H groups in total. The molecule has 2 aromatic carbocycles. The summed E-state index contributed by atoms with van der Waals surface area (Å²) in [6, 6.07) is 15.0. The van der Waals surface area contributed by atoms with Gasteiger partial charge in [0.2, 0.25) is 0 Å². The highest BCUT2D eigenvalue weighted by Crippen LogP contribution is 2.24. The van der Waals surface area contributed by atoms with Crippen LogP contribution >= 0.6 is 0 Å². The molecule has 0 radical (unpaired) electrons. The van der Waals surface area contributed by atoms with Gasteiger partial charge >= 0.3 is 5.97 Å². The molecule has 0 bridgehead atoms. The summed E-state index contributed by atoms with van der Waals surface area (Å²) in [5.74, 6) is -0.912. The number of benzene rings is 2. The first-order valence-electron chi connectivity index (χ1n) is 6.59. The standard InChI is InChI=1S/C17H14N2O2/c1-12-9-13(17(20)21)7-8-16(12)14-10-18-19(11-14)15-5-3-2-4-6-15/h2-11H,1H3,(H,20,21). The summed E-state index contributed by atoms with van der Waals surface area (Å²) in [7, 11) is 0. The van der Waals surface area contributed by atoms with Crippen LogP contribution in [0.2, 0.25) is 0 Å². The van der Waals surface area contributed by atoms with Gasteiger partial charge in [-0.25, -0.2) is 9.48 Å². The highest BCUT2D eigenvalue weighted by molar-refractivity contribution is 5.89. The van der Waals surface area contributed by atoms with Crippen molar-refractivity contribution in [3.63, 3.8) is 0 Å². The molecule has 1 aromatic heterocycles. The van der Waals surface area contributed by atoms with Gasteiger partial charge in [-0.2, -0.15) is 5.10 Å². The van der Waals surface area contributed by atoms with Gasteiger partial charge in [0.15, 0.2) is 0 Å². The second-order valence-corrected chi connectivity index (χ2v) is 4.84. The number of aryl methyl sites for hydroxylation is 1. The van der Waals surface area contributed by atoms with Gasteiger partial charge in [-0.15, -0.1) is 0 Å². The molecule has 0 aliphatic rings. The summed E-state index contributed by atoms with van der Waals surface area (Å²) < 4.78 is 1.81. The van der Waals surface area contributed by atoms with E-state index in [-0.39, 0.29) is 0 Å². The minimum atomic E-state index is -0.912. The van der Waals surface area contributed by atoms with Gasteiger partial charge in [0, 0.05) is 11.8 Å². The van der Waals surface area contributed by atoms with Crippen LogP contribution in [0.15, 0.2) is 60.9 Å². The van der Waals surface area contributed by atoms with Crippen molar-refractivity contribution >= 4 is 5.97 Å². The number of hydrogen-bond acceptors (Lipinski definition) is 2. The summed E-state index contributed by atoms with van der Waals surface area (Å²) in [5, 5.41) is 13.4. The number of rotatable bonds is 3. The Morgan fingerprint density at radius 2 is 1.90 bits per heavy atom. The van der Waals surface area contributed by atoms with Crippen molar-refractivity contribution in [2.75, 3.05) is 0 Å². The van der Waals surface area contributed by atoms with Crippen molar-refractivity contribution in [3.8, 4) is 16.8 Å². The van der Waals surface area contributed by atoms with Gasteiger partial charge in [-0.05, 0) is 42.3 Å². The Bertz CT molecular complexity index is 792. The zero-order valence-electron chi connectivity index (χ0n) is 11.5. The molecule has 0 saturated carbocycles. The molecule has 4 nitrogen and oxygen atoms in total. The number of carbonyl (C=O) groups is 1. The third-order valence-corrected chi connectivity index (χ3v) is 3.39. The van der Waals surface area contributed by atoms with Crippen LogP contribution in [0.25, 0.3) is 16.8 Å². The quantitative estimate of drug-likeness (QED) is 0.797. The van der Waals surface area contributed by atoms with Crippen molar-refractivity contribution < 1.29 is 9.90 Å². The summed E-state index contributed by atoms with van der Waals surface area (Å²) in [4.78, 5) is 11.0. The second-order valence-electron chi connectivity index (χ2n) is 4.84. The SMILES string of the molecule is Cc1cc(C(=O)O)ccc1-c1cnn(-c2ccccc2)c1. The Morgan fingerprint density at radius 3 is 2.57 bits per heavy atom. The van der Waals surface area contributed by atoms with E-state index in [1.165, 1.54) is 0 Å². The maximum atomic E-state index is 11.0. The number of carboxylic acids is 1. The van der Waals surface area contributed by atoms with Crippen LogP contribution in [-0.2, 0) is 0 Å². The molecule has 104 valence electrons. The van der Waals surface area contributed by atoms with Gasteiger partial charge < -0.3 is 5.11 Å². The van der Waals surface area contributed by atoms with E-state index in [9.17, 15) is 4.79 Å². The molecule has 0 aliphatic carbocycles. The summed E-state index contributed by atoms with van der Waals surface area (Å²) in [6.07, 6.45) is 3.73. The van der Waals surface area contributed by atoms with E-state index in [0.717, 1.165) is 22.4 Å². The molecule has 0 amide bonds. The number of para-hydroxylation sites is 1. The molecule has 0 saturated heterocycles. The molecule has 1 heterocycles. The van der Waals surface area contributed by atoms with Gasteiger partial charge in [-0.1, -0.05) is 24.3 Å². The molecule has 0 unspecified atom stereocenters. The Balaban J connectivity index is 1.99. The highest BCUT2D eigenvalue weighted by Gasteiger charge is 2.09. The smallest absolute Gasteiger partial charge is 0.335 e.